The largest absolute Gasteiger partial charge is 0.469 e. The van der Waals surface area contributed by atoms with Crippen molar-refractivity contribution in [3.05, 3.63) is 48.0 Å². The van der Waals surface area contributed by atoms with Gasteiger partial charge in [0, 0.05) is 18.2 Å². The average molecular weight is 406 g/mol. The van der Waals surface area contributed by atoms with Gasteiger partial charge in [0.1, 0.15) is 0 Å². The summed E-state index contributed by atoms with van der Waals surface area (Å²) >= 11 is 0. The number of carbonyl (C=O) groups is 1. The van der Waals surface area contributed by atoms with Crippen LogP contribution in [-0.2, 0) is 30.5 Å². The Hall–Kier alpha value is -2.38. The topological polar surface area (TPSA) is 99.0 Å². The first kappa shape index (κ1) is 21.9. The molecule has 1 fully saturated rings. The summed E-state index contributed by atoms with van der Waals surface area (Å²) in [6.45, 7) is 3.15. The molecule has 2 aromatic carbocycles. The van der Waals surface area contributed by atoms with Gasteiger partial charge in [-0.05, 0) is 36.1 Å². The highest BCUT2D eigenvalue weighted by molar-refractivity contribution is 7.90. The molecule has 0 spiro atoms. The van der Waals surface area contributed by atoms with E-state index in [0.29, 0.717) is 18.1 Å². The summed E-state index contributed by atoms with van der Waals surface area (Å²) in [6, 6.07) is 12.7. The van der Waals surface area contributed by atoms with Crippen LogP contribution in [0, 0.1) is 0 Å². The SMILES string of the molecule is CCC1CO1.COC(=O)CCc1cc(-c2ccccc2)c(N)c(S(C)(=O)=O)c1. The fourth-order valence-electron chi connectivity index (χ4n) is 2.64. The van der Waals surface area contributed by atoms with Crippen molar-refractivity contribution >= 4 is 21.5 Å². The summed E-state index contributed by atoms with van der Waals surface area (Å²) in [5, 5.41) is 0. The molecule has 1 unspecified atom stereocenters. The fraction of sp³-hybridized carbons (Fsp3) is 0.381. The molecule has 1 aliphatic rings. The number of rotatable bonds is 6. The summed E-state index contributed by atoms with van der Waals surface area (Å²) in [5.74, 6) is -0.344. The van der Waals surface area contributed by atoms with Crippen molar-refractivity contribution in [3.63, 3.8) is 0 Å². The number of ether oxygens (including phenoxy) is 2. The summed E-state index contributed by atoms with van der Waals surface area (Å²) in [7, 11) is -2.15. The number of aryl methyl sites for hydroxylation is 1. The molecular weight excluding hydrogens is 378 g/mol. The van der Waals surface area contributed by atoms with E-state index in [1.165, 1.54) is 19.6 Å². The Morgan fingerprint density at radius 3 is 2.36 bits per heavy atom. The lowest BCUT2D eigenvalue weighted by atomic mass is 9.99. The Kier molecular flexibility index (Phi) is 7.60. The monoisotopic (exact) mass is 405 g/mol. The number of esters is 1. The minimum absolute atomic E-state index is 0.0821. The minimum Gasteiger partial charge on any atom is -0.469 e. The highest BCUT2D eigenvalue weighted by atomic mass is 32.2. The summed E-state index contributed by atoms with van der Waals surface area (Å²) in [5.41, 5.74) is 8.51. The van der Waals surface area contributed by atoms with Crippen molar-refractivity contribution in [2.75, 3.05) is 25.7 Å². The number of epoxide rings is 1. The second-order valence-corrected chi connectivity index (χ2v) is 8.62. The van der Waals surface area contributed by atoms with E-state index >= 15 is 0 Å². The molecule has 1 saturated heterocycles. The number of hydrogen-bond donors (Lipinski definition) is 1. The average Bonchev–Trinajstić information content (AvgIpc) is 3.51. The van der Waals surface area contributed by atoms with Gasteiger partial charge >= 0.3 is 5.97 Å². The van der Waals surface area contributed by atoms with Gasteiger partial charge in [0.25, 0.3) is 0 Å². The van der Waals surface area contributed by atoms with Crippen molar-refractivity contribution in [1.82, 2.24) is 0 Å². The molecule has 1 atom stereocenters. The Morgan fingerprint density at radius 1 is 1.25 bits per heavy atom. The molecule has 1 aliphatic heterocycles. The first-order chi connectivity index (χ1) is 13.3. The minimum atomic E-state index is -3.47. The fourth-order valence-corrected chi connectivity index (χ4v) is 3.52. The van der Waals surface area contributed by atoms with E-state index in [0.717, 1.165) is 24.0 Å². The van der Waals surface area contributed by atoms with E-state index in [1.807, 2.05) is 36.4 Å². The molecule has 2 N–H and O–H groups in total. The number of nitrogen functional groups attached to an aromatic ring is 1. The van der Waals surface area contributed by atoms with Crippen LogP contribution in [0.2, 0.25) is 0 Å². The lowest BCUT2D eigenvalue weighted by Gasteiger charge is -2.13. The van der Waals surface area contributed by atoms with Crippen molar-refractivity contribution in [3.8, 4) is 11.1 Å². The van der Waals surface area contributed by atoms with Crippen LogP contribution in [0.5, 0.6) is 0 Å². The molecule has 28 heavy (non-hydrogen) atoms. The molecule has 0 aromatic heterocycles. The molecule has 7 heteroatoms. The molecule has 0 amide bonds. The second kappa shape index (κ2) is 9.71. The van der Waals surface area contributed by atoms with E-state index in [9.17, 15) is 13.2 Å². The molecule has 0 aliphatic carbocycles. The molecule has 152 valence electrons. The highest BCUT2D eigenvalue weighted by Crippen LogP contribution is 2.33. The van der Waals surface area contributed by atoms with Crippen LogP contribution >= 0.6 is 0 Å². The van der Waals surface area contributed by atoms with Gasteiger partial charge in [-0.3, -0.25) is 4.79 Å². The molecule has 1 heterocycles. The lowest BCUT2D eigenvalue weighted by molar-refractivity contribution is -0.140. The van der Waals surface area contributed by atoms with E-state index in [4.69, 9.17) is 10.5 Å². The van der Waals surface area contributed by atoms with Crippen LogP contribution in [-0.4, -0.2) is 40.5 Å². The third-order valence-electron chi connectivity index (χ3n) is 4.39. The zero-order chi connectivity index (χ0) is 20.7. The van der Waals surface area contributed by atoms with Crippen molar-refractivity contribution in [2.24, 2.45) is 0 Å². The zero-order valence-electron chi connectivity index (χ0n) is 16.5. The van der Waals surface area contributed by atoms with Crippen LogP contribution in [0.15, 0.2) is 47.4 Å². The van der Waals surface area contributed by atoms with Crippen molar-refractivity contribution in [1.29, 1.82) is 0 Å². The van der Waals surface area contributed by atoms with Crippen LogP contribution < -0.4 is 5.73 Å². The van der Waals surface area contributed by atoms with E-state index < -0.39 is 9.84 Å². The number of hydrogen-bond acceptors (Lipinski definition) is 6. The third-order valence-corrected chi connectivity index (χ3v) is 5.53. The molecular formula is C21H27NO5S. The summed E-state index contributed by atoms with van der Waals surface area (Å²) in [6.07, 6.45) is 3.51. The van der Waals surface area contributed by atoms with Gasteiger partial charge in [-0.15, -0.1) is 0 Å². The predicted octanol–water partition coefficient (Wildman–Crippen LogP) is 3.24. The normalized spacial score (nSPS) is 15.3. The molecule has 0 bridgehead atoms. The van der Waals surface area contributed by atoms with Gasteiger partial charge in [0.2, 0.25) is 0 Å². The maximum absolute atomic E-state index is 12.0. The quantitative estimate of drug-likeness (QED) is 0.450. The van der Waals surface area contributed by atoms with Crippen LogP contribution in [0.25, 0.3) is 11.1 Å². The summed E-state index contributed by atoms with van der Waals surface area (Å²) < 4.78 is 33.5. The molecule has 3 rings (SSSR count). The van der Waals surface area contributed by atoms with E-state index in [1.54, 1.807) is 0 Å². The molecule has 6 nitrogen and oxygen atoms in total. The summed E-state index contributed by atoms with van der Waals surface area (Å²) in [4.78, 5) is 11.4. The van der Waals surface area contributed by atoms with Gasteiger partial charge in [-0.25, -0.2) is 8.42 Å². The van der Waals surface area contributed by atoms with Gasteiger partial charge < -0.3 is 15.2 Å². The van der Waals surface area contributed by atoms with Gasteiger partial charge in [0.15, 0.2) is 9.84 Å². The van der Waals surface area contributed by atoms with Gasteiger partial charge in [0.05, 0.1) is 30.4 Å². The van der Waals surface area contributed by atoms with Gasteiger partial charge in [-0.1, -0.05) is 37.3 Å². The van der Waals surface area contributed by atoms with Crippen LogP contribution in [0.1, 0.15) is 25.3 Å². The molecule has 2 aromatic rings. The van der Waals surface area contributed by atoms with E-state index in [-0.39, 0.29) is 23.0 Å². The first-order valence-corrected chi connectivity index (χ1v) is 11.0. The highest BCUT2D eigenvalue weighted by Gasteiger charge is 2.18. The van der Waals surface area contributed by atoms with Crippen molar-refractivity contribution in [2.45, 2.75) is 37.2 Å². The Morgan fingerprint density at radius 2 is 1.89 bits per heavy atom. The first-order valence-electron chi connectivity index (χ1n) is 9.12. The Balaban J connectivity index is 0.000000485. The molecule has 0 radical (unpaired) electrons. The standard InChI is InChI=1S/C17H19NO4S.C4H8O/c1-22-16(19)9-8-12-10-14(13-6-4-3-5-7-13)17(18)15(11-12)23(2,20)21;1-2-4-3-5-4/h3-7,10-11H,8-9,18H2,1-2H3;4H,2-3H2,1H3. The molecule has 0 saturated carbocycles. The number of anilines is 1. The number of sulfone groups is 1. The lowest BCUT2D eigenvalue weighted by Crippen LogP contribution is -2.07. The number of benzene rings is 2. The number of methoxy groups -OCH3 is 1. The third kappa shape index (κ3) is 6.35. The second-order valence-electron chi connectivity index (χ2n) is 6.63. The van der Waals surface area contributed by atoms with E-state index in [2.05, 4.69) is 11.7 Å². The maximum Gasteiger partial charge on any atom is 0.305 e. The smallest absolute Gasteiger partial charge is 0.305 e. The maximum atomic E-state index is 12.0. The van der Waals surface area contributed by atoms with Crippen LogP contribution in [0.3, 0.4) is 0 Å². The van der Waals surface area contributed by atoms with Gasteiger partial charge in [-0.2, -0.15) is 0 Å². The number of carbonyl (C=O) groups excluding carboxylic acids is 1. The van der Waals surface area contributed by atoms with Crippen molar-refractivity contribution < 1.29 is 22.7 Å². The zero-order valence-corrected chi connectivity index (χ0v) is 17.3. The van der Waals surface area contributed by atoms with Crippen LogP contribution in [0.4, 0.5) is 5.69 Å². The predicted molar refractivity (Wildman–Crippen MR) is 110 cm³/mol. The Labute approximate surface area is 166 Å². The number of nitrogens with two attached hydrogens (primary N) is 1. The Bertz CT molecular complexity index is 906.